The number of carbonyl (C=O) groups is 1. The maximum atomic E-state index is 12.2. The van der Waals surface area contributed by atoms with Crippen LogP contribution < -0.4 is 11.0 Å². The van der Waals surface area contributed by atoms with E-state index in [4.69, 9.17) is 0 Å². The summed E-state index contributed by atoms with van der Waals surface area (Å²) in [5.41, 5.74) is 2.66. The predicted molar refractivity (Wildman–Crippen MR) is 91.2 cm³/mol. The topological polar surface area (TPSA) is 94.7 Å². The van der Waals surface area contributed by atoms with Crippen molar-refractivity contribution in [1.29, 1.82) is 0 Å². The molecule has 0 spiro atoms. The van der Waals surface area contributed by atoms with Crippen LogP contribution in [0.25, 0.3) is 5.69 Å². The number of carbonyl (C=O) groups excluding carboxylic acids is 1. The molecule has 2 aromatic heterocycles. The van der Waals surface area contributed by atoms with Crippen LogP contribution in [-0.2, 0) is 17.9 Å². The highest BCUT2D eigenvalue weighted by molar-refractivity contribution is 5.75. The minimum absolute atomic E-state index is 0.0660. The fourth-order valence-corrected chi connectivity index (χ4v) is 2.58. The molecule has 1 amide bonds. The molecule has 8 nitrogen and oxygen atoms in total. The van der Waals surface area contributed by atoms with Crippen molar-refractivity contribution in [2.75, 3.05) is 0 Å². The molecule has 8 heteroatoms. The molecule has 0 bridgehead atoms. The summed E-state index contributed by atoms with van der Waals surface area (Å²) in [4.78, 5) is 32.0. The van der Waals surface area contributed by atoms with Gasteiger partial charge in [-0.1, -0.05) is 18.2 Å². The third-order valence-corrected chi connectivity index (χ3v) is 3.78. The third kappa shape index (κ3) is 3.79. The molecule has 0 unspecified atom stereocenters. The Balaban J connectivity index is 1.71. The number of aromatic nitrogens is 5. The lowest BCUT2D eigenvalue weighted by atomic mass is 10.2. The van der Waals surface area contributed by atoms with Gasteiger partial charge in [0.2, 0.25) is 5.91 Å². The van der Waals surface area contributed by atoms with Gasteiger partial charge in [0.1, 0.15) is 19.2 Å². The van der Waals surface area contributed by atoms with Crippen molar-refractivity contribution in [2.24, 2.45) is 0 Å². The van der Waals surface area contributed by atoms with E-state index in [2.05, 4.69) is 20.4 Å². The lowest BCUT2D eigenvalue weighted by molar-refractivity contribution is -0.121. The highest BCUT2D eigenvalue weighted by atomic mass is 16.2. The molecule has 0 saturated heterocycles. The van der Waals surface area contributed by atoms with Gasteiger partial charge in [0.15, 0.2) is 0 Å². The third-order valence-electron chi connectivity index (χ3n) is 3.78. The van der Waals surface area contributed by atoms with Crippen LogP contribution >= 0.6 is 0 Å². The summed E-state index contributed by atoms with van der Waals surface area (Å²) in [6.07, 6.45) is 3.05. The maximum Gasteiger partial charge on any atom is 0.348 e. The quantitative estimate of drug-likeness (QED) is 0.741. The van der Waals surface area contributed by atoms with Gasteiger partial charge in [0, 0.05) is 17.9 Å². The van der Waals surface area contributed by atoms with E-state index in [1.54, 1.807) is 30.9 Å². The molecule has 25 heavy (non-hydrogen) atoms. The lowest BCUT2D eigenvalue weighted by Gasteiger charge is -2.12. The first-order valence-corrected chi connectivity index (χ1v) is 7.79. The summed E-state index contributed by atoms with van der Waals surface area (Å²) in [5.74, 6) is -0.260. The van der Waals surface area contributed by atoms with E-state index in [9.17, 15) is 9.59 Å². The van der Waals surface area contributed by atoms with Crippen LogP contribution in [0.2, 0.25) is 0 Å². The first-order valence-electron chi connectivity index (χ1n) is 7.79. The molecule has 1 aromatic carbocycles. The van der Waals surface area contributed by atoms with Crippen LogP contribution in [0.3, 0.4) is 0 Å². The summed E-state index contributed by atoms with van der Waals surface area (Å²) in [5, 5.41) is 6.94. The van der Waals surface area contributed by atoms with Gasteiger partial charge in [0.25, 0.3) is 0 Å². The first-order chi connectivity index (χ1) is 12.0. The van der Waals surface area contributed by atoms with Crippen LogP contribution in [0.5, 0.6) is 0 Å². The highest BCUT2D eigenvalue weighted by Crippen LogP contribution is 2.12. The second kappa shape index (κ2) is 7.08. The molecule has 3 rings (SSSR count). The molecule has 2 heterocycles. The molecule has 128 valence electrons. The SMILES string of the molecule is Cc1cc(C)n(CC(=O)NCc2ccccc2-n2cncn2)c(=O)n1. The fraction of sp³-hybridized carbons (Fsp3) is 0.235. The number of amides is 1. The summed E-state index contributed by atoms with van der Waals surface area (Å²) < 4.78 is 2.99. The smallest absolute Gasteiger partial charge is 0.348 e. The van der Waals surface area contributed by atoms with Gasteiger partial charge < -0.3 is 5.32 Å². The Morgan fingerprint density at radius 1 is 1.24 bits per heavy atom. The number of rotatable bonds is 5. The van der Waals surface area contributed by atoms with E-state index in [0.717, 1.165) is 11.3 Å². The van der Waals surface area contributed by atoms with E-state index in [1.165, 1.54) is 10.9 Å². The standard InChI is InChI=1S/C17H18N6O2/c1-12-7-13(2)22(17(25)21-12)9-16(24)19-8-14-5-3-4-6-15(14)23-11-18-10-20-23/h3-7,10-11H,8-9H2,1-2H3,(H,19,24). The van der Waals surface area contributed by atoms with E-state index >= 15 is 0 Å². The van der Waals surface area contributed by atoms with Crippen LogP contribution in [0, 0.1) is 13.8 Å². The minimum Gasteiger partial charge on any atom is -0.350 e. The van der Waals surface area contributed by atoms with Gasteiger partial charge in [-0.05, 0) is 31.5 Å². The Morgan fingerprint density at radius 3 is 2.76 bits per heavy atom. The molecule has 0 aliphatic rings. The van der Waals surface area contributed by atoms with Crippen molar-refractivity contribution in [3.05, 3.63) is 70.4 Å². The largest absolute Gasteiger partial charge is 0.350 e. The number of benzene rings is 1. The Bertz CT molecular complexity index is 946. The maximum absolute atomic E-state index is 12.2. The number of nitrogens with zero attached hydrogens (tertiary/aromatic N) is 5. The minimum atomic E-state index is -0.421. The number of nitrogens with one attached hydrogen (secondary N) is 1. The van der Waals surface area contributed by atoms with Gasteiger partial charge in [-0.2, -0.15) is 10.1 Å². The molecule has 0 radical (unpaired) electrons. The number of aryl methyl sites for hydroxylation is 2. The predicted octanol–water partition coefficient (Wildman–Crippen LogP) is 0.757. The van der Waals surface area contributed by atoms with Crippen molar-refractivity contribution in [3.63, 3.8) is 0 Å². The van der Waals surface area contributed by atoms with Crippen LogP contribution in [0.15, 0.2) is 47.8 Å². The fourth-order valence-electron chi connectivity index (χ4n) is 2.58. The molecule has 0 fully saturated rings. The van der Waals surface area contributed by atoms with E-state index in [1.807, 2.05) is 24.3 Å². The van der Waals surface area contributed by atoms with Gasteiger partial charge in [0.05, 0.1) is 5.69 Å². The summed E-state index contributed by atoms with van der Waals surface area (Å²) >= 11 is 0. The molecule has 0 atom stereocenters. The zero-order valence-electron chi connectivity index (χ0n) is 14.0. The summed E-state index contributed by atoms with van der Waals surface area (Å²) in [6, 6.07) is 9.36. The number of hydrogen-bond donors (Lipinski definition) is 1. The second-order valence-corrected chi connectivity index (χ2v) is 5.65. The zero-order chi connectivity index (χ0) is 17.8. The van der Waals surface area contributed by atoms with Crippen LogP contribution in [0.4, 0.5) is 0 Å². The molecule has 0 aliphatic carbocycles. The van der Waals surface area contributed by atoms with Gasteiger partial charge in [-0.15, -0.1) is 0 Å². The zero-order valence-corrected chi connectivity index (χ0v) is 14.0. The normalized spacial score (nSPS) is 10.6. The molecule has 0 saturated carbocycles. The van der Waals surface area contributed by atoms with Crippen LogP contribution in [-0.4, -0.2) is 30.2 Å². The van der Waals surface area contributed by atoms with E-state index in [0.29, 0.717) is 17.9 Å². The Labute approximate surface area is 144 Å². The van der Waals surface area contributed by atoms with Gasteiger partial charge in [-0.3, -0.25) is 9.36 Å². The van der Waals surface area contributed by atoms with Crippen molar-refractivity contribution >= 4 is 5.91 Å². The van der Waals surface area contributed by atoms with Gasteiger partial charge >= 0.3 is 5.69 Å². The number of hydrogen-bond acceptors (Lipinski definition) is 5. The molecule has 1 N–H and O–H groups in total. The average Bonchev–Trinajstić information content (AvgIpc) is 3.11. The van der Waals surface area contributed by atoms with Crippen molar-refractivity contribution in [1.82, 2.24) is 29.6 Å². The Hall–Kier alpha value is -3.29. The van der Waals surface area contributed by atoms with Crippen LogP contribution in [0.1, 0.15) is 17.0 Å². The molecule has 3 aromatic rings. The van der Waals surface area contributed by atoms with E-state index < -0.39 is 5.69 Å². The molecule has 0 aliphatic heterocycles. The number of para-hydroxylation sites is 1. The highest BCUT2D eigenvalue weighted by Gasteiger charge is 2.10. The van der Waals surface area contributed by atoms with Crippen molar-refractivity contribution < 1.29 is 4.79 Å². The average molecular weight is 338 g/mol. The van der Waals surface area contributed by atoms with Crippen molar-refractivity contribution in [2.45, 2.75) is 26.9 Å². The summed E-state index contributed by atoms with van der Waals surface area (Å²) in [6.45, 7) is 3.79. The second-order valence-electron chi connectivity index (χ2n) is 5.65. The van der Waals surface area contributed by atoms with Gasteiger partial charge in [-0.25, -0.2) is 14.5 Å². The van der Waals surface area contributed by atoms with E-state index in [-0.39, 0.29) is 12.5 Å². The first kappa shape index (κ1) is 16.6. The van der Waals surface area contributed by atoms with Crippen molar-refractivity contribution in [3.8, 4) is 5.69 Å². The molecular weight excluding hydrogens is 320 g/mol. The monoisotopic (exact) mass is 338 g/mol. The molecular formula is C17H18N6O2. The lowest BCUT2D eigenvalue weighted by Crippen LogP contribution is -2.34. The summed E-state index contributed by atoms with van der Waals surface area (Å²) in [7, 11) is 0. The Kier molecular flexibility index (Phi) is 4.69. The Morgan fingerprint density at radius 2 is 2.04 bits per heavy atom.